The summed E-state index contributed by atoms with van der Waals surface area (Å²) in [4.78, 5) is 18.8. The summed E-state index contributed by atoms with van der Waals surface area (Å²) in [7, 11) is 0. The summed E-state index contributed by atoms with van der Waals surface area (Å²) in [5.74, 6) is -1.20. The van der Waals surface area contributed by atoms with Crippen molar-refractivity contribution >= 4 is 32.6 Å². The van der Waals surface area contributed by atoms with Crippen molar-refractivity contribution in [3.8, 4) is 5.69 Å². The van der Waals surface area contributed by atoms with Crippen molar-refractivity contribution in [2.75, 3.05) is 5.32 Å². The molecule has 2 aromatic carbocycles. The van der Waals surface area contributed by atoms with Crippen molar-refractivity contribution < 1.29 is 13.6 Å². The predicted molar refractivity (Wildman–Crippen MR) is 113 cm³/mol. The van der Waals surface area contributed by atoms with E-state index in [0.29, 0.717) is 10.8 Å². The second-order valence-corrected chi connectivity index (χ2v) is 8.40. The summed E-state index contributed by atoms with van der Waals surface area (Å²) in [6.45, 7) is 0. The van der Waals surface area contributed by atoms with Crippen LogP contribution in [0, 0.1) is 11.6 Å². The van der Waals surface area contributed by atoms with Gasteiger partial charge in [-0.2, -0.15) is 15.0 Å². The highest BCUT2D eigenvalue weighted by atomic mass is 32.1. The van der Waals surface area contributed by atoms with Gasteiger partial charge in [-0.1, -0.05) is 11.3 Å². The second-order valence-electron chi connectivity index (χ2n) is 7.37. The zero-order valence-corrected chi connectivity index (χ0v) is 17.1. The highest BCUT2D eigenvalue weighted by Crippen LogP contribution is 2.30. The number of carbonyl (C=O) groups excluding carboxylic acids is 1. The largest absolute Gasteiger partial charge is 0.357 e. The molecule has 7 nitrogen and oxygen atoms in total. The lowest BCUT2D eigenvalue weighted by atomic mass is 10.1. The van der Waals surface area contributed by atoms with Crippen LogP contribution in [0.2, 0.25) is 0 Å². The van der Waals surface area contributed by atoms with Crippen molar-refractivity contribution in [3.63, 3.8) is 0 Å². The summed E-state index contributed by atoms with van der Waals surface area (Å²) >= 11 is 1.37. The third-order valence-electron chi connectivity index (χ3n) is 5.33. The van der Waals surface area contributed by atoms with Gasteiger partial charge in [0.2, 0.25) is 0 Å². The van der Waals surface area contributed by atoms with Gasteiger partial charge in [-0.15, -0.1) is 0 Å². The molecule has 2 aromatic heterocycles. The van der Waals surface area contributed by atoms with Crippen molar-refractivity contribution in [3.05, 3.63) is 66.0 Å². The number of nitrogens with zero attached hydrogens (tertiary/aromatic N) is 4. The molecule has 0 bridgehead atoms. The summed E-state index contributed by atoms with van der Waals surface area (Å²) in [5, 5.41) is 15.2. The van der Waals surface area contributed by atoms with Crippen LogP contribution >= 0.6 is 11.3 Å². The standard InChI is InChI=1S/C21H18F2N6OS/c22-12-5-7-18(29-24-8-9-25-29)14(10-12)20(30)26-15-2-1-3-16(15)27-21-28-17-6-4-13(23)11-19(17)31-21/h4-11,15-16H,1-3H2,(H,26,30)(H,27,28)/t15-,16+/m1/s1. The van der Waals surface area contributed by atoms with Crippen molar-refractivity contribution in [1.29, 1.82) is 0 Å². The molecule has 10 heteroatoms. The molecule has 1 fully saturated rings. The average Bonchev–Trinajstić information content (AvgIpc) is 3.49. The lowest BCUT2D eigenvalue weighted by Crippen LogP contribution is -2.43. The molecule has 1 saturated carbocycles. The number of thiazole rings is 1. The molecule has 2 heterocycles. The van der Waals surface area contributed by atoms with E-state index in [4.69, 9.17) is 0 Å². The van der Waals surface area contributed by atoms with Gasteiger partial charge >= 0.3 is 0 Å². The average molecular weight is 440 g/mol. The number of fused-ring (bicyclic) bond motifs is 1. The molecule has 0 radical (unpaired) electrons. The Labute approximate surface area is 180 Å². The van der Waals surface area contributed by atoms with Crippen LogP contribution in [0.15, 0.2) is 48.8 Å². The normalized spacial score (nSPS) is 18.4. The molecule has 0 unspecified atom stereocenters. The van der Waals surface area contributed by atoms with Crippen LogP contribution < -0.4 is 10.6 Å². The number of rotatable bonds is 5. The maximum atomic E-state index is 13.9. The van der Waals surface area contributed by atoms with Crippen LogP contribution in [0.1, 0.15) is 29.6 Å². The van der Waals surface area contributed by atoms with E-state index >= 15 is 0 Å². The first-order valence-corrected chi connectivity index (χ1v) is 10.7. The van der Waals surface area contributed by atoms with Gasteiger partial charge in [0.15, 0.2) is 5.13 Å². The Morgan fingerprint density at radius 3 is 2.61 bits per heavy atom. The molecule has 1 aliphatic rings. The van der Waals surface area contributed by atoms with Crippen molar-refractivity contribution in [2.24, 2.45) is 0 Å². The maximum absolute atomic E-state index is 13.9. The molecule has 0 spiro atoms. The summed E-state index contributed by atoms with van der Waals surface area (Å²) in [6, 6.07) is 8.24. The third-order valence-corrected chi connectivity index (χ3v) is 6.28. The highest BCUT2D eigenvalue weighted by molar-refractivity contribution is 7.22. The van der Waals surface area contributed by atoms with E-state index in [1.165, 1.54) is 58.9 Å². The quantitative estimate of drug-likeness (QED) is 0.491. The Balaban J connectivity index is 1.34. The van der Waals surface area contributed by atoms with E-state index in [0.717, 1.165) is 29.5 Å². The minimum absolute atomic E-state index is 0.0332. The van der Waals surface area contributed by atoms with Gasteiger partial charge in [0, 0.05) is 12.1 Å². The van der Waals surface area contributed by atoms with Crippen LogP contribution in [0.5, 0.6) is 0 Å². The first kappa shape index (κ1) is 19.6. The van der Waals surface area contributed by atoms with Crippen LogP contribution in [-0.2, 0) is 0 Å². The molecule has 31 heavy (non-hydrogen) atoms. The second kappa shape index (κ2) is 8.03. The fourth-order valence-corrected chi connectivity index (χ4v) is 4.83. The Hall–Kier alpha value is -3.40. The fourth-order valence-electron chi connectivity index (χ4n) is 3.88. The number of nitrogens with one attached hydrogen (secondary N) is 2. The third kappa shape index (κ3) is 3.98. The van der Waals surface area contributed by atoms with Gasteiger partial charge in [0.25, 0.3) is 5.91 Å². The summed E-state index contributed by atoms with van der Waals surface area (Å²) in [6.07, 6.45) is 5.55. The zero-order valence-electron chi connectivity index (χ0n) is 16.3. The molecule has 158 valence electrons. The number of hydrogen-bond donors (Lipinski definition) is 2. The van der Waals surface area contributed by atoms with Crippen LogP contribution in [0.25, 0.3) is 15.9 Å². The SMILES string of the molecule is O=C(N[C@@H]1CCC[C@@H]1Nc1nc2ccc(F)cc2s1)c1cc(F)ccc1-n1nccn1. The number of aromatic nitrogens is 4. The minimum Gasteiger partial charge on any atom is -0.357 e. The summed E-state index contributed by atoms with van der Waals surface area (Å²) < 4.78 is 28.1. The number of carbonyl (C=O) groups is 1. The zero-order chi connectivity index (χ0) is 21.4. The predicted octanol–water partition coefficient (Wildman–Crippen LogP) is 3.92. The van der Waals surface area contributed by atoms with Gasteiger partial charge < -0.3 is 10.6 Å². The molecule has 2 N–H and O–H groups in total. The van der Waals surface area contributed by atoms with E-state index < -0.39 is 11.7 Å². The Morgan fingerprint density at radius 2 is 1.77 bits per heavy atom. The molecular formula is C21H18F2N6OS. The van der Waals surface area contributed by atoms with E-state index in [9.17, 15) is 13.6 Å². The molecule has 2 atom stereocenters. The lowest BCUT2D eigenvalue weighted by Gasteiger charge is -2.22. The molecule has 1 aliphatic carbocycles. The van der Waals surface area contributed by atoms with Crippen LogP contribution in [-0.4, -0.2) is 38.0 Å². The first-order chi connectivity index (χ1) is 15.1. The maximum Gasteiger partial charge on any atom is 0.253 e. The molecule has 0 aliphatic heterocycles. The van der Waals surface area contributed by atoms with Gasteiger partial charge in [-0.3, -0.25) is 4.79 Å². The highest BCUT2D eigenvalue weighted by Gasteiger charge is 2.30. The van der Waals surface area contributed by atoms with Crippen LogP contribution in [0.3, 0.4) is 0 Å². The Morgan fingerprint density at radius 1 is 1.03 bits per heavy atom. The Kier molecular flexibility index (Phi) is 5.06. The van der Waals surface area contributed by atoms with Gasteiger partial charge in [-0.05, 0) is 55.7 Å². The van der Waals surface area contributed by atoms with E-state index in [-0.39, 0.29) is 23.5 Å². The Bertz CT molecular complexity index is 1240. The number of anilines is 1. The molecular weight excluding hydrogens is 422 g/mol. The van der Waals surface area contributed by atoms with E-state index in [1.807, 2.05) is 0 Å². The number of hydrogen-bond acceptors (Lipinski definition) is 6. The van der Waals surface area contributed by atoms with E-state index in [1.54, 1.807) is 6.07 Å². The monoisotopic (exact) mass is 440 g/mol. The molecule has 1 amide bonds. The van der Waals surface area contributed by atoms with Gasteiger partial charge in [-0.25, -0.2) is 13.8 Å². The minimum atomic E-state index is -0.510. The molecule has 0 saturated heterocycles. The lowest BCUT2D eigenvalue weighted by molar-refractivity contribution is 0.0935. The van der Waals surface area contributed by atoms with E-state index in [2.05, 4.69) is 25.8 Å². The van der Waals surface area contributed by atoms with Crippen molar-refractivity contribution in [1.82, 2.24) is 25.3 Å². The number of amides is 1. The smallest absolute Gasteiger partial charge is 0.253 e. The number of halogens is 2. The molecule has 4 aromatic rings. The van der Waals surface area contributed by atoms with Gasteiger partial charge in [0.1, 0.15) is 11.6 Å². The molecule has 5 rings (SSSR count). The number of benzene rings is 2. The topological polar surface area (TPSA) is 84.7 Å². The van der Waals surface area contributed by atoms with Gasteiger partial charge in [0.05, 0.1) is 33.9 Å². The fraction of sp³-hybridized carbons (Fsp3) is 0.238. The summed E-state index contributed by atoms with van der Waals surface area (Å²) in [5.41, 5.74) is 1.29. The van der Waals surface area contributed by atoms with Crippen LogP contribution in [0.4, 0.5) is 13.9 Å². The first-order valence-electron chi connectivity index (χ1n) is 9.86. The van der Waals surface area contributed by atoms with Crippen molar-refractivity contribution in [2.45, 2.75) is 31.3 Å².